The Kier molecular flexibility index (Phi) is 4.12. The van der Waals surface area contributed by atoms with Gasteiger partial charge in [-0.2, -0.15) is 0 Å². The molecule has 0 saturated carbocycles. The van der Waals surface area contributed by atoms with Gasteiger partial charge in [0.1, 0.15) is 0 Å². The van der Waals surface area contributed by atoms with Gasteiger partial charge in [0.05, 0.1) is 5.69 Å². The Morgan fingerprint density at radius 2 is 2.53 bits per heavy atom. The molecule has 1 unspecified atom stereocenters. The Bertz CT molecular complexity index is 391. The van der Waals surface area contributed by atoms with Crippen molar-refractivity contribution in [1.29, 1.82) is 0 Å². The molecule has 0 aliphatic carbocycles. The Hall–Kier alpha value is -0.940. The van der Waals surface area contributed by atoms with E-state index in [4.69, 9.17) is 0 Å². The summed E-state index contributed by atoms with van der Waals surface area (Å²) < 4.78 is 0. The molecule has 1 atom stereocenters. The predicted molar refractivity (Wildman–Crippen MR) is 70.1 cm³/mol. The van der Waals surface area contributed by atoms with E-state index in [-0.39, 0.29) is 5.91 Å². The van der Waals surface area contributed by atoms with Gasteiger partial charge in [0.2, 0.25) is 5.91 Å². The van der Waals surface area contributed by atoms with Gasteiger partial charge in [0.25, 0.3) is 0 Å². The molecule has 0 aromatic carbocycles. The van der Waals surface area contributed by atoms with Crippen LogP contribution in [0.4, 0.5) is 5.13 Å². The minimum atomic E-state index is -0.0579. The summed E-state index contributed by atoms with van der Waals surface area (Å²) in [7, 11) is 0. The summed E-state index contributed by atoms with van der Waals surface area (Å²) in [4.78, 5) is 17.8. The second kappa shape index (κ2) is 5.60. The zero-order valence-corrected chi connectivity index (χ0v) is 11.2. The van der Waals surface area contributed by atoms with E-state index >= 15 is 0 Å². The van der Waals surface area contributed by atoms with E-state index in [1.165, 1.54) is 31.1 Å². The number of nitrogens with one attached hydrogen (secondary N) is 1. The first-order valence-electron chi connectivity index (χ1n) is 6.08. The molecular formula is C12H19N3OS. The number of amides is 1. The Labute approximate surface area is 106 Å². The lowest BCUT2D eigenvalue weighted by Crippen LogP contribution is -2.33. The minimum Gasteiger partial charge on any atom is -0.302 e. The first-order valence-corrected chi connectivity index (χ1v) is 6.96. The first-order chi connectivity index (χ1) is 8.13. The minimum absolute atomic E-state index is 0.0579. The molecular weight excluding hydrogens is 234 g/mol. The van der Waals surface area contributed by atoms with Crippen molar-refractivity contribution in [3.8, 4) is 0 Å². The van der Waals surface area contributed by atoms with Gasteiger partial charge in [-0.3, -0.25) is 9.69 Å². The van der Waals surface area contributed by atoms with Gasteiger partial charge in [-0.25, -0.2) is 4.98 Å². The van der Waals surface area contributed by atoms with E-state index in [1.807, 2.05) is 5.38 Å². The van der Waals surface area contributed by atoms with Crippen molar-refractivity contribution in [1.82, 2.24) is 9.88 Å². The van der Waals surface area contributed by atoms with E-state index in [9.17, 15) is 4.79 Å². The summed E-state index contributed by atoms with van der Waals surface area (Å²) in [6, 6.07) is 0. The highest BCUT2D eigenvalue weighted by atomic mass is 32.1. The third-order valence-electron chi connectivity index (χ3n) is 2.96. The number of likely N-dealkylation sites (tertiary alicyclic amines) is 1. The van der Waals surface area contributed by atoms with Gasteiger partial charge in [0.15, 0.2) is 5.13 Å². The molecule has 1 aliphatic rings. The Morgan fingerprint density at radius 1 is 1.71 bits per heavy atom. The summed E-state index contributed by atoms with van der Waals surface area (Å²) in [6.07, 6.45) is 2.62. The molecule has 1 aliphatic heterocycles. The molecule has 4 nitrogen and oxygen atoms in total. The maximum absolute atomic E-state index is 10.9. The monoisotopic (exact) mass is 253 g/mol. The Balaban J connectivity index is 1.89. The molecule has 0 spiro atoms. The molecule has 1 fully saturated rings. The molecule has 1 aromatic rings. The van der Waals surface area contributed by atoms with Gasteiger partial charge in [-0.1, -0.05) is 6.92 Å². The number of nitrogens with zero attached hydrogens (tertiary/aromatic N) is 2. The lowest BCUT2D eigenvalue weighted by Gasteiger charge is -2.30. The molecule has 17 heavy (non-hydrogen) atoms. The number of carbonyl (C=O) groups is 1. The highest BCUT2D eigenvalue weighted by molar-refractivity contribution is 7.13. The van der Waals surface area contributed by atoms with Crippen LogP contribution in [-0.4, -0.2) is 28.9 Å². The van der Waals surface area contributed by atoms with Crippen molar-refractivity contribution in [2.45, 2.75) is 33.2 Å². The van der Waals surface area contributed by atoms with E-state index in [2.05, 4.69) is 22.1 Å². The van der Waals surface area contributed by atoms with Crippen LogP contribution in [0.5, 0.6) is 0 Å². The first kappa shape index (κ1) is 12.5. The van der Waals surface area contributed by atoms with Crippen molar-refractivity contribution >= 4 is 22.4 Å². The number of thiazole rings is 1. The van der Waals surface area contributed by atoms with Crippen molar-refractivity contribution < 1.29 is 4.79 Å². The van der Waals surface area contributed by atoms with Crippen LogP contribution in [0.15, 0.2) is 5.38 Å². The Morgan fingerprint density at radius 3 is 3.24 bits per heavy atom. The van der Waals surface area contributed by atoms with Crippen molar-refractivity contribution in [2.24, 2.45) is 5.92 Å². The number of rotatable bonds is 3. The number of anilines is 1. The fourth-order valence-electron chi connectivity index (χ4n) is 2.25. The van der Waals surface area contributed by atoms with Crippen LogP contribution in [0.2, 0.25) is 0 Å². The number of hydrogen-bond donors (Lipinski definition) is 1. The third kappa shape index (κ3) is 3.78. The maximum atomic E-state index is 10.9. The van der Waals surface area contributed by atoms with Crippen molar-refractivity contribution in [3.63, 3.8) is 0 Å². The van der Waals surface area contributed by atoms with Crippen LogP contribution in [0.25, 0.3) is 0 Å². The molecule has 2 heterocycles. The highest BCUT2D eigenvalue weighted by Gasteiger charge is 2.17. The third-order valence-corrected chi connectivity index (χ3v) is 3.77. The van der Waals surface area contributed by atoms with Gasteiger partial charge < -0.3 is 5.32 Å². The van der Waals surface area contributed by atoms with Crippen molar-refractivity contribution in [2.75, 3.05) is 18.4 Å². The van der Waals surface area contributed by atoms with Crippen LogP contribution in [0.1, 0.15) is 32.4 Å². The molecule has 2 rings (SSSR count). The van der Waals surface area contributed by atoms with Crippen LogP contribution >= 0.6 is 11.3 Å². The topological polar surface area (TPSA) is 45.2 Å². The second-order valence-electron chi connectivity index (χ2n) is 4.81. The summed E-state index contributed by atoms with van der Waals surface area (Å²) in [5.41, 5.74) is 1.06. The van der Waals surface area contributed by atoms with Crippen LogP contribution in [0, 0.1) is 5.92 Å². The van der Waals surface area contributed by atoms with E-state index in [0.29, 0.717) is 5.13 Å². The average molecular weight is 253 g/mol. The molecule has 1 saturated heterocycles. The smallest absolute Gasteiger partial charge is 0.223 e. The van der Waals surface area contributed by atoms with Gasteiger partial charge in [0, 0.05) is 25.4 Å². The van der Waals surface area contributed by atoms with Crippen LogP contribution in [0.3, 0.4) is 0 Å². The number of piperidine rings is 1. The molecule has 5 heteroatoms. The van der Waals surface area contributed by atoms with Crippen LogP contribution < -0.4 is 5.32 Å². The SMILES string of the molecule is CC(=O)Nc1nc(CN2CCCC(C)C2)cs1. The number of aromatic nitrogens is 1. The quantitative estimate of drug-likeness (QED) is 0.899. The molecule has 0 bridgehead atoms. The lowest BCUT2D eigenvalue weighted by atomic mass is 10.0. The molecule has 0 radical (unpaired) electrons. The zero-order valence-electron chi connectivity index (χ0n) is 10.4. The largest absolute Gasteiger partial charge is 0.302 e. The summed E-state index contributed by atoms with van der Waals surface area (Å²) >= 11 is 1.50. The normalized spacial score (nSPS) is 21.4. The standard InChI is InChI=1S/C12H19N3OS/c1-9-4-3-5-15(6-9)7-11-8-17-12(14-11)13-10(2)16/h8-9H,3-7H2,1-2H3,(H,13,14,16). The summed E-state index contributed by atoms with van der Waals surface area (Å²) in [5.74, 6) is 0.731. The molecule has 1 aromatic heterocycles. The second-order valence-corrected chi connectivity index (χ2v) is 5.67. The van der Waals surface area contributed by atoms with Gasteiger partial charge in [-0.05, 0) is 25.3 Å². The van der Waals surface area contributed by atoms with E-state index in [1.54, 1.807) is 0 Å². The van der Waals surface area contributed by atoms with E-state index < -0.39 is 0 Å². The predicted octanol–water partition coefficient (Wildman–Crippen LogP) is 2.33. The fraction of sp³-hybridized carbons (Fsp3) is 0.667. The molecule has 1 amide bonds. The van der Waals surface area contributed by atoms with Gasteiger partial charge >= 0.3 is 0 Å². The maximum Gasteiger partial charge on any atom is 0.223 e. The number of carbonyl (C=O) groups excluding carboxylic acids is 1. The van der Waals surface area contributed by atoms with Crippen LogP contribution in [-0.2, 0) is 11.3 Å². The van der Waals surface area contributed by atoms with E-state index in [0.717, 1.165) is 31.2 Å². The highest BCUT2D eigenvalue weighted by Crippen LogP contribution is 2.20. The number of hydrogen-bond acceptors (Lipinski definition) is 4. The average Bonchev–Trinajstić information content (AvgIpc) is 2.64. The van der Waals surface area contributed by atoms with Crippen molar-refractivity contribution in [3.05, 3.63) is 11.1 Å². The lowest BCUT2D eigenvalue weighted by molar-refractivity contribution is -0.114. The molecule has 94 valence electrons. The summed E-state index contributed by atoms with van der Waals surface area (Å²) in [6.45, 7) is 7.04. The fourth-order valence-corrected chi connectivity index (χ4v) is 2.99. The summed E-state index contributed by atoms with van der Waals surface area (Å²) in [5, 5.41) is 5.46. The molecule has 1 N–H and O–H groups in total. The zero-order chi connectivity index (χ0) is 12.3. The van der Waals surface area contributed by atoms with Gasteiger partial charge in [-0.15, -0.1) is 11.3 Å².